The van der Waals surface area contributed by atoms with Crippen molar-refractivity contribution in [2.45, 2.75) is 20.8 Å². The molecule has 0 fully saturated rings. The Morgan fingerprint density at radius 2 is 2.12 bits per heavy atom. The predicted octanol–water partition coefficient (Wildman–Crippen LogP) is 3.62. The highest BCUT2D eigenvalue weighted by molar-refractivity contribution is 6.19. The molecule has 0 amide bonds. The van der Waals surface area contributed by atoms with Crippen LogP contribution in [-0.4, -0.2) is 12.5 Å². The first-order valence-electron chi connectivity index (χ1n) is 5.41. The van der Waals surface area contributed by atoms with E-state index in [4.69, 9.17) is 16.3 Å². The van der Waals surface area contributed by atoms with E-state index in [9.17, 15) is 0 Å². The normalized spacial score (nSPS) is 9.81. The fourth-order valence-corrected chi connectivity index (χ4v) is 1.32. The first kappa shape index (κ1) is 12.9. The Kier molecular flexibility index (Phi) is 5.22. The molecule has 16 heavy (non-hydrogen) atoms. The highest BCUT2D eigenvalue weighted by atomic mass is 35.5. The topological polar surface area (TPSA) is 9.23 Å². The van der Waals surface area contributed by atoms with Gasteiger partial charge >= 0.3 is 0 Å². The van der Waals surface area contributed by atoms with Gasteiger partial charge in [0.25, 0.3) is 0 Å². The molecule has 0 bridgehead atoms. The maximum absolute atomic E-state index is 5.71. The summed E-state index contributed by atoms with van der Waals surface area (Å²) in [5.41, 5.74) is 2.09. The van der Waals surface area contributed by atoms with Crippen LogP contribution in [0.1, 0.15) is 25.0 Å². The molecule has 0 aliphatic carbocycles. The second-order valence-corrected chi connectivity index (χ2v) is 4.41. The second kappa shape index (κ2) is 6.45. The molecule has 2 heteroatoms. The quantitative estimate of drug-likeness (QED) is 0.575. The molecule has 0 N–H and O–H groups in total. The fourth-order valence-electron chi connectivity index (χ4n) is 1.25. The molecule has 1 nitrogen and oxygen atoms in total. The minimum Gasteiger partial charge on any atom is -0.492 e. The Morgan fingerprint density at radius 1 is 1.38 bits per heavy atom. The van der Waals surface area contributed by atoms with E-state index >= 15 is 0 Å². The molecule has 0 atom stereocenters. The molecular weight excluding hydrogens is 220 g/mol. The molecule has 0 spiro atoms. The third-order valence-electron chi connectivity index (χ3n) is 2.00. The van der Waals surface area contributed by atoms with E-state index in [1.54, 1.807) is 0 Å². The summed E-state index contributed by atoms with van der Waals surface area (Å²) < 4.78 is 5.71. The van der Waals surface area contributed by atoms with Crippen LogP contribution in [0.5, 0.6) is 5.75 Å². The van der Waals surface area contributed by atoms with Gasteiger partial charge in [0.1, 0.15) is 5.75 Å². The van der Waals surface area contributed by atoms with Crippen molar-refractivity contribution in [3.05, 3.63) is 29.3 Å². The monoisotopic (exact) mass is 236 g/mol. The standard InChI is InChI=1S/C14H17ClO/c1-11(2)10-16-14-7-6-12(3)9-13(14)5-4-8-15/h6-7,9,11H,8,10H2,1-3H3. The van der Waals surface area contributed by atoms with Crippen molar-refractivity contribution in [2.75, 3.05) is 12.5 Å². The highest BCUT2D eigenvalue weighted by Crippen LogP contribution is 2.19. The smallest absolute Gasteiger partial charge is 0.134 e. The molecule has 0 saturated heterocycles. The number of ether oxygens (including phenoxy) is 1. The molecule has 0 unspecified atom stereocenters. The third kappa shape index (κ3) is 4.16. The molecule has 86 valence electrons. The number of halogens is 1. The lowest BCUT2D eigenvalue weighted by Crippen LogP contribution is -2.05. The fraction of sp³-hybridized carbons (Fsp3) is 0.429. The van der Waals surface area contributed by atoms with Crippen LogP contribution in [-0.2, 0) is 0 Å². The zero-order valence-corrected chi connectivity index (χ0v) is 10.8. The molecule has 0 aliphatic rings. The van der Waals surface area contributed by atoms with E-state index in [0.29, 0.717) is 18.4 Å². The van der Waals surface area contributed by atoms with Crippen molar-refractivity contribution in [1.82, 2.24) is 0 Å². The van der Waals surface area contributed by atoms with Crippen molar-refractivity contribution in [3.8, 4) is 17.6 Å². The van der Waals surface area contributed by atoms with Crippen molar-refractivity contribution >= 4 is 11.6 Å². The highest BCUT2D eigenvalue weighted by Gasteiger charge is 2.02. The zero-order chi connectivity index (χ0) is 12.0. The largest absolute Gasteiger partial charge is 0.492 e. The lowest BCUT2D eigenvalue weighted by molar-refractivity contribution is 0.270. The SMILES string of the molecule is Cc1ccc(OCC(C)C)c(C#CCCl)c1. The molecule has 0 heterocycles. The Labute approximate surface area is 103 Å². The predicted molar refractivity (Wildman–Crippen MR) is 69.1 cm³/mol. The minimum absolute atomic E-state index is 0.345. The second-order valence-electron chi connectivity index (χ2n) is 4.14. The van der Waals surface area contributed by atoms with E-state index < -0.39 is 0 Å². The number of alkyl halides is 1. The van der Waals surface area contributed by atoms with Gasteiger partial charge in [-0.1, -0.05) is 31.8 Å². The van der Waals surface area contributed by atoms with Crippen LogP contribution in [0.4, 0.5) is 0 Å². The lowest BCUT2D eigenvalue weighted by atomic mass is 10.1. The molecule has 1 aromatic rings. The average Bonchev–Trinajstić information content (AvgIpc) is 2.24. The van der Waals surface area contributed by atoms with E-state index in [-0.39, 0.29) is 0 Å². The molecular formula is C14H17ClO. The molecule has 1 rings (SSSR count). The Balaban J connectivity index is 2.89. The van der Waals surface area contributed by atoms with Crippen LogP contribution in [0.3, 0.4) is 0 Å². The van der Waals surface area contributed by atoms with Crippen LogP contribution in [0.25, 0.3) is 0 Å². The third-order valence-corrected chi connectivity index (χ3v) is 2.13. The molecule has 0 saturated carbocycles. The van der Waals surface area contributed by atoms with Gasteiger partial charge < -0.3 is 4.74 Å². The zero-order valence-electron chi connectivity index (χ0n) is 10.0. The summed E-state index contributed by atoms with van der Waals surface area (Å²) in [7, 11) is 0. The average molecular weight is 237 g/mol. The summed E-state index contributed by atoms with van der Waals surface area (Å²) in [6, 6.07) is 6.02. The summed E-state index contributed by atoms with van der Waals surface area (Å²) in [5.74, 6) is 7.57. The number of aryl methyl sites for hydroxylation is 1. The van der Waals surface area contributed by atoms with Crippen LogP contribution in [0.2, 0.25) is 0 Å². The van der Waals surface area contributed by atoms with Crippen molar-refractivity contribution in [1.29, 1.82) is 0 Å². The first-order valence-corrected chi connectivity index (χ1v) is 5.95. The van der Waals surface area contributed by atoms with Gasteiger partial charge in [-0.3, -0.25) is 0 Å². The van der Waals surface area contributed by atoms with Gasteiger partial charge in [0.15, 0.2) is 0 Å². The van der Waals surface area contributed by atoms with Gasteiger partial charge in [-0.25, -0.2) is 0 Å². The molecule has 0 aliphatic heterocycles. The van der Waals surface area contributed by atoms with Gasteiger partial charge in [0, 0.05) is 0 Å². The number of hydrogen-bond acceptors (Lipinski definition) is 1. The van der Waals surface area contributed by atoms with E-state index in [0.717, 1.165) is 11.3 Å². The lowest BCUT2D eigenvalue weighted by Gasteiger charge is -2.10. The molecule has 1 aromatic carbocycles. The number of hydrogen-bond donors (Lipinski definition) is 0. The molecule has 0 radical (unpaired) electrons. The van der Waals surface area contributed by atoms with Crippen molar-refractivity contribution < 1.29 is 4.74 Å². The van der Waals surface area contributed by atoms with Gasteiger partial charge in [0.2, 0.25) is 0 Å². The number of rotatable bonds is 3. The van der Waals surface area contributed by atoms with Crippen LogP contribution < -0.4 is 4.74 Å². The van der Waals surface area contributed by atoms with Gasteiger partial charge in [-0.15, -0.1) is 11.6 Å². The van der Waals surface area contributed by atoms with Crippen LogP contribution in [0.15, 0.2) is 18.2 Å². The minimum atomic E-state index is 0.345. The molecule has 0 aromatic heterocycles. The van der Waals surface area contributed by atoms with Gasteiger partial charge in [-0.05, 0) is 30.5 Å². The van der Waals surface area contributed by atoms with Gasteiger partial charge in [-0.2, -0.15) is 0 Å². The van der Waals surface area contributed by atoms with Crippen LogP contribution >= 0.6 is 11.6 Å². The van der Waals surface area contributed by atoms with Crippen LogP contribution in [0, 0.1) is 24.7 Å². The van der Waals surface area contributed by atoms with E-state index in [1.807, 2.05) is 25.1 Å². The Hall–Kier alpha value is -1.13. The summed E-state index contributed by atoms with van der Waals surface area (Å²) in [4.78, 5) is 0. The summed E-state index contributed by atoms with van der Waals surface area (Å²) in [6.45, 7) is 6.99. The van der Waals surface area contributed by atoms with Crippen molar-refractivity contribution in [2.24, 2.45) is 5.92 Å². The summed E-state index contributed by atoms with van der Waals surface area (Å²) >= 11 is 5.56. The Morgan fingerprint density at radius 3 is 2.75 bits per heavy atom. The summed E-state index contributed by atoms with van der Waals surface area (Å²) in [5, 5.41) is 0. The van der Waals surface area contributed by atoms with Gasteiger partial charge in [0.05, 0.1) is 18.1 Å². The number of benzene rings is 1. The van der Waals surface area contributed by atoms with E-state index in [1.165, 1.54) is 5.56 Å². The van der Waals surface area contributed by atoms with Crippen molar-refractivity contribution in [3.63, 3.8) is 0 Å². The van der Waals surface area contributed by atoms with E-state index in [2.05, 4.69) is 25.7 Å². The maximum atomic E-state index is 5.71. The first-order chi connectivity index (χ1) is 7.63. The summed E-state index contributed by atoms with van der Waals surface area (Å²) in [6.07, 6.45) is 0. The maximum Gasteiger partial charge on any atom is 0.134 e. The Bertz CT molecular complexity index is 399.